The van der Waals surface area contributed by atoms with Gasteiger partial charge in [-0.05, 0) is 45.0 Å². The number of aryl methyl sites for hydroxylation is 1. The van der Waals surface area contributed by atoms with E-state index < -0.39 is 0 Å². The summed E-state index contributed by atoms with van der Waals surface area (Å²) in [5.41, 5.74) is 3.51. The van der Waals surface area contributed by atoms with Crippen LogP contribution in [0.25, 0.3) is 0 Å². The first-order chi connectivity index (χ1) is 10.1. The monoisotopic (exact) mass is 305 g/mol. The number of aromatic nitrogens is 4. The minimum atomic E-state index is 0.335. The zero-order chi connectivity index (χ0) is 14.8. The Kier molecular flexibility index (Phi) is 4.03. The molecule has 3 rings (SSSR count). The Hall–Kier alpha value is -1.73. The molecule has 2 aromatic rings. The second-order valence-electron chi connectivity index (χ2n) is 5.32. The Morgan fingerprint density at radius 2 is 2.43 bits per heavy atom. The summed E-state index contributed by atoms with van der Waals surface area (Å²) in [5, 5.41) is 10.9. The highest BCUT2D eigenvalue weighted by molar-refractivity contribution is 7.71. The van der Waals surface area contributed by atoms with Gasteiger partial charge in [0.15, 0.2) is 0 Å². The predicted octanol–water partition coefficient (Wildman–Crippen LogP) is 2.42. The lowest BCUT2D eigenvalue weighted by molar-refractivity contribution is 0.0962. The fourth-order valence-corrected chi connectivity index (χ4v) is 2.83. The summed E-state index contributed by atoms with van der Waals surface area (Å²) in [6.45, 7) is 6.02. The van der Waals surface area contributed by atoms with E-state index in [1.54, 1.807) is 11.0 Å². The van der Waals surface area contributed by atoms with Gasteiger partial charge in [-0.2, -0.15) is 14.9 Å². The van der Waals surface area contributed by atoms with Crippen molar-refractivity contribution in [3.05, 3.63) is 34.1 Å². The van der Waals surface area contributed by atoms with Gasteiger partial charge in [-0.3, -0.25) is 5.10 Å². The predicted molar refractivity (Wildman–Crippen MR) is 83.3 cm³/mol. The summed E-state index contributed by atoms with van der Waals surface area (Å²) in [4.78, 5) is 0. The van der Waals surface area contributed by atoms with E-state index in [4.69, 9.17) is 17.0 Å². The van der Waals surface area contributed by atoms with Gasteiger partial charge in [0.1, 0.15) is 6.33 Å². The number of nitrogens with zero attached hydrogens (tertiary/aromatic N) is 4. The minimum Gasteiger partial charge on any atom is -0.376 e. The van der Waals surface area contributed by atoms with Gasteiger partial charge in [0.2, 0.25) is 4.77 Å². The summed E-state index contributed by atoms with van der Waals surface area (Å²) in [6, 6.07) is 2.14. The molecule has 1 aliphatic heterocycles. The largest absolute Gasteiger partial charge is 0.376 e. The van der Waals surface area contributed by atoms with E-state index >= 15 is 0 Å². The Morgan fingerprint density at radius 1 is 1.57 bits per heavy atom. The molecule has 1 N–H and O–H groups in total. The lowest BCUT2D eigenvalue weighted by Gasteiger charge is -2.14. The number of hydrogen-bond donors (Lipinski definition) is 1. The third-order valence-electron chi connectivity index (χ3n) is 3.88. The highest BCUT2D eigenvalue weighted by Crippen LogP contribution is 2.19. The number of rotatable bonds is 4. The molecule has 0 saturated carbocycles. The summed E-state index contributed by atoms with van der Waals surface area (Å²) in [7, 11) is 0. The quantitative estimate of drug-likeness (QED) is 0.697. The molecular formula is C14H19N5OS. The van der Waals surface area contributed by atoms with Gasteiger partial charge >= 0.3 is 0 Å². The number of aromatic amines is 1. The van der Waals surface area contributed by atoms with Crippen molar-refractivity contribution in [2.45, 2.75) is 39.3 Å². The van der Waals surface area contributed by atoms with Crippen LogP contribution in [-0.4, -0.2) is 38.4 Å². The van der Waals surface area contributed by atoms with Crippen molar-refractivity contribution in [1.82, 2.24) is 19.4 Å². The third-order valence-corrected chi connectivity index (χ3v) is 4.16. The Labute approximate surface area is 128 Å². The molecule has 21 heavy (non-hydrogen) atoms. The molecule has 2 aromatic heterocycles. The second-order valence-corrected chi connectivity index (χ2v) is 5.71. The summed E-state index contributed by atoms with van der Waals surface area (Å²) in [6.07, 6.45) is 6.02. The molecule has 1 fully saturated rings. The van der Waals surface area contributed by atoms with Gasteiger partial charge in [-0.25, -0.2) is 0 Å². The zero-order valence-corrected chi connectivity index (χ0v) is 13.1. The van der Waals surface area contributed by atoms with Crippen molar-refractivity contribution >= 4 is 18.4 Å². The van der Waals surface area contributed by atoms with E-state index in [1.165, 1.54) is 11.4 Å². The van der Waals surface area contributed by atoms with E-state index in [1.807, 2.05) is 6.21 Å². The van der Waals surface area contributed by atoms with Crippen LogP contribution in [0, 0.1) is 18.6 Å². The molecule has 0 unspecified atom stereocenters. The van der Waals surface area contributed by atoms with Crippen molar-refractivity contribution in [3.8, 4) is 0 Å². The maximum Gasteiger partial charge on any atom is 0.216 e. The Morgan fingerprint density at radius 3 is 3.10 bits per heavy atom. The van der Waals surface area contributed by atoms with Gasteiger partial charge in [0.25, 0.3) is 0 Å². The molecule has 1 atom stereocenters. The number of hydrogen-bond acceptors (Lipinski definition) is 4. The zero-order valence-electron chi connectivity index (χ0n) is 12.2. The highest BCUT2D eigenvalue weighted by Gasteiger charge is 2.18. The van der Waals surface area contributed by atoms with Crippen LogP contribution in [0.3, 0.4) is 0 Å². The smallest absolute Gasteiger partial charge is 0.216 e. The van der Waals surface area contributed by atoms with Crippen molar-refractivity contribution in [2.24, 2.45) is 5.10 Å². The van der Waals surface area contributed by atoms with E-state index in [-0.39, 0.29) is 0 Å². The maximum absolute atomic E-state index is 5.73. The molecule has 6 nitrogen and oxygen atoms in total. The van der Waals surface area contributed by atoms with Crippen LogP contribution in [0.5, 0.6) is 0 Å². The molecule has 3 heterocycles. The van der Waals surface area contributed by atoms with Crippen molar-refractivity contribution in [2.75, 3.05) is 6.61 Å². The average Bonchev–Trinajstić information content (AvgIpc) is 3.16. The fourth-order valence-electron chi connectivity index (χ4n) is 2.68. The van der Waals surface area contributed by atoms with Gasteiger partial charge in [0, 0.05) is 30.1 Å². The van der Waals surface area contributed by atoms with Crippen molar-refractivity contribution in [1.29, 1.82) is 0 Å². The number of ether oxygens (including phenoxy) is 1. The van der Waals surface area contributed by atoms with Gasteiger partial charge in [-0.15, -0.1) is 0 Å². The molecule has 0 aliphatic carbocycles. The molecule has 0 radical (unpaired) electrons. The lowest BCUT2D eigenvalue weighted by Crippen LogP contribution is -2.16. The molecular weight excluding hydrogens is 286 g/mol. The van der Waals surface area contributed by atoms with Crippen LogP contribution in [0.2, 0.25) is 0 Å². The van der Waals surface area contributed by atoms with E-state index in [9.17, 15) is 0 Å². The first-order valence-electron chi connectivity index (χ1n) is 7.10. The molecule has 0 spiro atoms. The Balaban J connectivity index is 1.82. The van der Waals surface area contributed by atoms with Gasteiger partial charge in [0.05, 0.1) is 12.3 Å². The van der Waals surface area contributed by atoms with Crippen LogP contribution in [0.15, 0.2) is 17.5 Å². The molecule has 1 aliphatic rings. The van der Waals surface area contributed by atoms with Crippen LogP contribution in [0.1, 0.15) is 29.8 Å². The average molecular weight is 305 g/mol. The van der Waals surface area contributed by atoms with Gasteiger partial charge < -0.3 is 9.30 Å². The molecule has 112 valence electrons. The number of H-pyrrole nitrogens is 1. The SMILES string of the molecule is Cc1cc(/C=N\n2cn[nH]c2=S)c(C)n1C[C@@H]1CCCO1. The third kappa shape index (κ3) is 2.98. The van der Waals surface area contributed by atoms with E-state index in [0.29, 0.717) is 10.9 Å². The normalized spacial score (nSPS) is 18.9. The molecule has 0 aromatic carbocycles. The second kappa shape index (κ2) is 5.95. The maximum atomic E-state index is 5.73. The Bertz CT molecular complexity index is 705. The van der Waals surface area contributed by atoms with Crippen LogP contribution in [-0.2, 0) is 11.3 Å². The first kappa shape index (κ1) is 14.2. The van der Waals surface area contributed by atoms with Crippen molar-refractivity contribution in [3.63, 3.8) is 0 Å². The number of nitrogens with one attached hydrogen (secondary N) is 1. The van der Waals surface area contributed by atoms with Crippen LogP contribution < -0.4 is 0 Å². The molecule has 0 amide bonds. The minimum absolute atomic E-state index is 0.335. The van der Waals surface area contributed by atoms with E-state index in [0.717, 1.165) is 31.6 Å². The fraction of sp³-hybridized carbons (Fsp3) is 0.500. The molecule has 1 saturated heterocycles. The topological polar surface area (TPSA) is 60.1 Å². The van der Waals surface area contributed by atoms with Gasteiger partial charge in [-0.1, -0.05) is 0 Å². The van der Waals surface area contributed by atoms with Crippen LogP contribution in [0.4, 0.5) is 0 Å². The highest BCUT2D eigenvalue weighted by atomic mass is 32.1. The summed E-state index contributed by atoms with van der Waals surface area (Å²) >= 11 is 5.07. The molecule has 7 heteroatoms. The lowest BCUT2D eigenvalue weighted by atomic mass is 10.2. The first-order valence-corrected chi connectivity index (χ1v) is 7.50. The molecule has 0 bridgehead atoms. The summed E-state index contributed by atoms with van der Waals surface area (Å²) in [5.74, 6) is 0. The van der Waals surface area contributed by atoms with Crippen LogP contribution >= 0.6 is 12.2 Å². The standard InChI is InChI=1S/C14H19N5OS/c1-10-6-12(7-16-19-9-15-17-14(19)21)11(2)18(10)8-13-4-3-5-20-13/h6-7,9,13H,3-5,8H2,1-2H3,(H,17,21)/b16-7-/t13-/m0/s1. The van der Waals surface area contributed by atoms with Crippen molar-refractivity contribution < 1.29 is 4.74 Å². The summed E-state index contributed by atoms with van der Waals surface area (Å²) < 4.78 is 10.1. The van der Waals surface area contributed by atoms with E-state index in [2.05, 4.69) is 39.8 Å².